The van der Waals surface area contributed by atoms with E-state index in [0.717, 1.165) is 32.4 Å². The van der Waals surface area contributed by atoms with E-state index in [0.29, 0.717) is 11.3 Å². The van der Waals surface area contributed by atoms with Gasteiger partial charge in [-0.2, -0.15) is 0 Å². The standard InChI is InChI=1S/C20H20N2O4/c23-18(14-7-6-8-15(13-14)20(25)26)21-17-10-3-2-9-16(17)19(24)22-11-4-1-5-12-22/h2-3,6-10,13H,1,4-5,11-12H2,(H,21,23)(H,25,26). The highest BCUT2D eigenvalue weighted by atomic mass is 16.4. The first-order valence-electron chi connectivity index (χ1n) is 8.59. The molecular weight excluding hydrogens is 332 g/mol. The number of aromatic carboxylic acids is 1. The molecule has 2 N–H and O–H groups in total. The Bertz CT molecular complexity index is 841. The Morgan fingerprint density at radius 1 is 0.885 bits per heavy atom. The average molecular weight is 352 g/mol. The number of carboxylic acids is 1. The summed E-state index contributed by atoms with van der Waals surface area (Å²) in [5.74, 6) is -1.65. The van der Waals surface area contributed by atoms with Crippen molar-refractivity contribution in [3.8, 4) is 0 Å². The van der Waals surface area contributed by atoms with E-state index in [2.05, 4.69) is 5.32 Å². The molecule has 2 aromatic rings. The molecule has 3 rings (SSSR count). The summed E-state index contributed by atoms with van der Waals surface area (Å²) in [5.41, 5.74) is 1.13. The van der Waals surface area contributed by atoms with Gasteiger partial charge >= 0.3 is 5.97 Å². The van der Waals surface area contributed by atoms with Crippen LogP contribution in [0.1, 0.15) is 50.3 Å². The van der Waals surface area contributed by atoms with Gasteiger partial charge in [0.15, 0.2) is 0 Å². The first-order valence-corrected chi connectivity index (χ1v) is 8.59. The monoisotopic (exact) mass is 352 g/mol. The smallest absolute Gasteiger partial charge is 0.335 e. The van der Waals surface area contributed by atoms with Crippen LogP contribution in [0.15, 0.2) is 48.5 Å². The first-order chi connectivity index (χ1) is 12.6. The molecule has 0 bridgehead atoms. The maximum absolute atomic E-state index is 12.8. The predicted octanol–water partition coefficient (Wildman–Crippen LogP) is 3.26. The van der Waals surface area contributed by atoms with E-state index in [4.69, 9.17) is 5.11 Å². The van der Waals surface area contributed by atoms with Gasteiger partial charge in [0.05, 0.1) is 16.8 Å². The fourth-order valence-corrected chi connectivity index (χ4v) is 3.03. The van der Waals surface area contributed by atoms with Crippen LogP contribution in [-0.2, 0) is 0 Å². The third kappa shape index (κ3) is 3.91. The molecule has 0 unspecified atom stereocenters. The van der Waals surface area contributed by atoms with Crippen LogP contribution in [0.4, 0.5) is 5.69 Å². The topological polar surface area (TPSA) is 86.7 Å². The number of hydrogen-bond donors (Lipinski definition) is 2. The second-order valence-electron chi connectivity index (χ2n) is 6.24. The third-order valence-corrected chi connectivity index (χ3v) is 4.42. The van der Waals surface area contributed by atoms with Gasteiger partial charge in [-0.15, -0.1) is 0 Å². The second-order valence-corrected chi connectivity index (χ2v) is 6.24. The van der Waals surface area contributed by atoms with Crippen molar-refractivity contribution in [3.63, 3.8) is 0 Å². The van der Waals surface area contributed by atoms with Crippen molar-refractivity contribution < 1.29 is 19.5 Å². The molecule has 2 aromatic carbocycles. The number of carbonyl (C=O) groups excluding carboxylic acids is 2. The number of para-hydroxylation sites is 1. The fraction of sp³-hybridized carbons (Fsp3) is 0.250. The summed E-state index contributed by atoms with van der Waals surface area (Å²) in [5, 5.41) is 11.8. The van der Waals surface area contributed by atoms with Gasteiger partial charge in [0.25, 0.3) is 11.8 Å². The third-order valence-electron chi connectivity index (χ3n) is 4.42. The van der Waals surface area contributed by atoms with Crippen LogP contribution in [0.3, 0.4) is 0 Å². The van der Waals surface area contributed by atoms with E-state index in [1.54, 1.807) is 29.2 Å². The first kappa shape index (κ1) is 17.7. The zero-order chi connectivity index (χ0) is 18.5. The van der Waals surface area contributed by atoms with Crippen molar-refractivity contribution in [2.24, 2.45) is 0 Å². The number of anilines is 1. The molecule has 0 saturated carbocycles. The lowest BCUT2D eigenvalue weighted by Gasteiger charge is -2.27. The zero-order valence-electron chi connectivity index (χ0n) is 14.3. The van der Waals surface area contributed by atoms with Crippen LogP contribution in [0.2, 0.25) is 0 Å². The number of piperidine rings is 1. The van der Waals surface area contributed by atoms with Crippen LogP contribution in [-0.4, -0.2) is 40.9 Å². The van der Waals surface area contributed by atoms with Crippen molar-refractivity contribution in [2.75, 3.05) is 18.4 Å². The number of benzene rings is 2. The Hall–Kier alpha value is -3.15. The lowest BCUT2D eigenvalue weighted by atomic mass is 10.1. The Kier molecular flexibility index (Phi) is 5.31. The molecule has 0 radical (unpaired) electrons. The summed E-state index contributed by atoms with van der Waals surface area (Å²) in [6.07, 6.45) is 3.10. The minimum Gasteiger partial charge on any atom is -0.478 e. The van der Waals surface area contributed by atoms with Crippen LogP contribution >= 0.6 is 0 Å². The number of rotatable bonds is 4. The van der Waals surface area contributed by atoms with Gasteiger partial charge < -0.3 is 15.3 Å². The van der Waals surface area contributed by atoms with Crippen molar-refractivity contribution in [2.45, 2.75) is 19.3 Å². The van der Waals surface area contributed by atoms with Gasteiger partial charge in [0.2, 0.25) is 0 Å². The highest BCUT2D eigenvalue weighted by Gasteiger charge is 2.21. The van der Waals surface area contributed by atoms with Crippen LogP contribution in [0, 0.1) is 0 Å². The Morgan fingerprint density at radius 3 is 2.31 bits per heavy atom. The number of nitrogens with one attached hydrogen (secondary N) is 1. The zero-order valence-corrected chi connectivity index (χ0v) is 14.3. The molecule has 6 heteroatoms. The van der Waals surface area contributed by atoms with Crippen LogP contribution in [0.5, 0.6) is 0 Å². The molecule has 0 atom stereocenters. The molecule has 1 fully saturated rings. The van der Waals surface area contributed by atoms with Gasteiger partial charge in [-0.05, 0) is 49.6 Å². The number of carbonyl (C=O) groups is 3. The van der Waals surface area contributed by atoms with Gasteiger partial charge in [0.1, 0.15) is 0 Å². The number of hydrogen-bond acceptors (Lipinski definition) is 3. The average Bonchev–Trinajstić information content (AvgIpc) is 2.68. The molecule has 0 aliphatic carbocycles. The molecule has 1 saturated heterocycles. The molecule has 0 spiro atoms. The SMILES string of the molecule is O=C(O)c1cccc(C(=O)Nc2ccccc2C(=O)N2CCCCC2)c1. The minimum absolute atomic E-state index is 0.0373. The van der Waals surface area contributed by atoms with Crippen molar-refractivity contribution in [3.05, 3.63) is 65.2 Å². The number of carboxylic acid groups (broad SMARTS) is 1. The summed E-state index contributed by atoms with van der Waals surface area (Å²) >= 11 is 0. The summed E-state index contributed by atoms with van der Waals surface area (Å²) < 4.78 is 0. The number of nitrogens with zero attached hydrogens (tertiary/aromatic N) is 1. The van der Waals surface area contributed by atoms with Crippen molar-refractivity contribution in [1.82, 2.24) is 4.90 Å². The maximum atomic E-state index is 12.8. The predicted molar refractivity (Wildman–Crippen MR) is 97.6 cm³/mol. The molecule has 6 nitrogen and oxygen atoms in total. The van der Waals surface area contributed by atoms with E-state index in [1.165, 1.54) is 24.3 Å². The molecule has 0 aromatic heterocycles. The molecular formula is C20H20N2O4. The van der Waals surface area contributed by atoms with Crippen molar-refractivity contribution in [1.29, 1.82) is 0 Å². The van der Waals surface area contributed by atoms with Gasteiger partial charge in [-0.25, -0.2) is 4.79 Å². The summed E-state index contributed by atoms with van der Waals surface area (Å²) in [7, 11) is 0. The lowest BCUT2D eigenvalue weighted by molar-refractivity contribution is 0.0694. The van der Waals surface area contributed by atoms with Crippen LogP contribution in [0.25, 0.3) is 0 Å². The van der Waals surface area contributed by atoms with Crippen LogP contribution < -0.4 is 5.32 Å². The number of amides is 2. The Morgan fingerprint density at radius 2 is 1.58 bits per heavy atom. The summed E-state index contributed by atoms with van der Waals surface area (Å²) in [4.78, 5) is 38.2. The molecule has 2 amide bonds. The highest BCUT2D eigenvalue weighted by molar-refractivity contribution is 6.09. The van der Waals surface area contributed by atoms with Crippen molar-refractivity contribution >= 4 is 23.5 Å². The quantitative estimate of drug-likeness (QED) is 0.884. The molecule has 1 aliphatic rings. The molecule has 26 heavy (non-hydrogen) atoms. The Balaban J connectivity index is 1.82. The normalized spacial score (nSPS) is 13.9. The number of likely N-dealkylation sites (tertiary alicyclic amines) is 1. The molecule has 1 aliphatic heterocycles. The summed E-state index contributed by atoms with van der Waals surface area (Å²) in [6, 6.07) is 12.7. The lowest BCUT2D eigenvalue weighted by Crippen LogP contribution is -2.36. The van der Waals surface area contributed by atoms with E-state index >= 15 is 0 Å². The highest BCUT2D eigenvalue weighted by Crippen LogP contribution is 2.21. The maximum Gasteiger partial charge on any atom is 0.335 e. The largest absolute Gasteiger partial charge is 0.478 e. The second kappa shape index (κ2) is 7.82. The Labute approximate surface area is 151 Å². The molecule has 134 valence electrons. The van der Waals surface area contributed by atoms with Gasteiger partial charge in [-0.3, -0.25) is 9.59 Å². The van der Waals surface area contributed by atoms with E-state index in [-0.39, 0.29) is 17.0 Å². The van der Waals surface area contributed by atoms with E-state index in [9.17, 15) is 14.4 Å². The van der Waals surface area contributed by atoms with Gasteiger partial charge in [0, 0.05) is 18.7 Å². The van der Waals surface area contributed by atoms with E-state index < -0.39 is 11.9 Å². The van der Waals surface area contributed by atoms with E-state index in [1.807, 2.05) is 0 Å². The summed E-state index contributed by atoms with van der Waals surface area (Å²) in [6.45, 7) is 1.45. The minimum atomic E-state index is -1.10. The molecule has 1 heterocycles. The fourth-order valence-electron chi connectivity index (χ4n) is 3.03. The van der Waals surface area contributed by atoms with Gasteiger partial charge in [-0.1, -0.05) is 18.2 Å².